The van der Waals surface area contributed by atoms with Gasteiger partial charge in [0.15, 0.2) is 0 Å². The molecular formula is C25H28Cl2FN5O3S. The number of carbonyl (C=O) groups excluding carboxylic acids is 1. The fourth-order valence-corrected chi connectivity index (χ4v) is 6.06. The molecule has 2 saturated heterocycles. The van der Waals surface area contributed by atoms with Crippen molar-refractivity contribution < 1.29 is 17.6 Å². The topological polar surface area (TPSA) is 96.8 Å². The zero-order chi connectivity index (χ0) is 26.7. The third kappa shape index (κ3) is 6.54. The number of urea groups is 1. The van der Waals surface area contributed by atoms with Gasteiger partial charge < -0.3 is 15.1 Å². The van der Waals surface area contributed by atoms with Crippen molar-refractivity contribution in [2.45, 2.75) is 12.5 Å². The van der Waals surface area contributed by atoms with Crippen molar-refractivity contribution in [3.05, 3.63) is 69.0 Å². The minimum atomic E-state index is -3.28. The van der Waals surface area contributed by atoms with Gasteiger partial charge in [0, 0.05) is 58.3 Å². The number of sulfonamides is 1. The Bertz CT molecular complexity index is 1310. The highest BCUT2D eigenvalue weighted by Crippen LogP contribution is 2.36. The molecule has 0 aliphatic carbocycles. The van der Waals surface area contributed by atoms with E-state index in [0.29, 0.717) is 49.3 Å². The Morgan fingerprint density at radius 2 is 1.81 bits per heavy atom. The molecule has 2 unspecified atom stereocenters. The van der Waals surface area contributed by atoms with Gasteiger partial charge in [-0.3, -0.25) is 0 Å². The van der Waals surface area contributed by atoms with Crippen molar-refractivity contribution in [1.82, 2.24) is 19.4 Å². The van der Waals surface area contributed by atoms with Gasteiger partial charge in [-0.1, -0.05) is 35.3 Å². The van der Waals surface area contributed by atoms with Crippen LogP contribution in [0.1, 0.15) is 22.6 Å². The lowest BCUT2D eigenvalue weighted by atomic mass is 9.89. The van der Waals surface area contributed by atoms with E-state index in [9.17, 15) is 17.6 Å². The highest BCUT2D eigenvalue weighted by Gasteiger charge is 2.38. The van der Waals surface area contributed by atoms with Crippen molar-refractivity contribution in [3.63, 3.8) is 0 Å². The van der Waals surface area contributed by atoms with Gasteiger partial charge in [0.05, 0.1) is 21.9 Å². The summed E-state index contributed by atoms with van der Waals surface area (Å²) in [5, 5.41) is 13.2. The first kappa shape index (κ1) is 27.6. The van der Waals surface area contributed by atoms with E-state index in [2.05, 4.69) is 5.32 Å². The molecule has 0 radical (unpaired) electrons. The molecule has 0 aromatic heterocycles. The van der Waals surface area contributed by atoms with Crippen molar-refractivity contribution in [2.24, 2.45) is 5.92 Å². The van der Waals surface area contributed by atoms with E-state index < -0.39 is 15.8 Å². The zero-order valence-corrected chi connectivity index (χ0v) is 22.7. The monoisotopic (exact) mass is 567 g/mol. The maximum atomic E-state index is 14.0. The molecule has 4 rings (SSSR count). The quantitative estimate of drug-likeness (QED) is 0.576. The van der Waals surface area contributed by atoms with Crippen molar-refractivity contribution in [3.8, 4) is 6.07 Å². The second kappa shape index (κ2) is 11.5. The summed E-state index contributed by atoms with van der Waals surface area (Å²) in [6.07, 6.45) is 1.18. The molecule has 2 aliphatic rings. The number of benzene rings is 2. The maximum Gasteiger partial charge on any atom is 0.320 e. The number of nitrogens with one attached hydrogen (secondary N) is 1. The third-order valence-electron chi connectivity index (χ3n) is 6.95. The first-order chi connectivity index (χ1) is 17.6. The Morgan fingerprint density at radius 3 is 2.43 bits per heavy atom. The highest BCUT2D eigenvalue weighted by molar-refractivity contribution is 7.88. The van der Waals surface area contributed by atoms with E-state index in [1.807, 2.05) is 18.2 Å². The average Bonchev–Trinajstić information content (AvgIpc) is 3.29. The fourth-order valence-electron chi connectivity index (χ4n) is 4.93. The Morgan fingerprint density at radius 1 is 1.08 bits per heavy atom. The molecule has 2 aliphatic heterocycles. The number of hydrogen-bond acceptors (Lipinski definition) is 5. The number of likely N-dealkylation sites (tertiary alicyclic amines) is 1. The Balaban J connectivity index is 1.44. The molecule has 2 heterocycles. The predicted molar refractivity (Wildman–Crippen MR) is 140 cm³/mol. The number of halogens is 3. The van der Waals surface area contributed by atoms with Crippen LogP contribution >= 0.6 is 23.2 Å². The number of nitriles is 1. The largest absolute Gasteiger partial charge is 0.324 e. The predicted octanol–water partition coefficient (Wildman–Crippen LogP) is 3.51. The average molecular weight is 569 g/mol. The molecule has 2 fully saturated rings. The summed E-state index contributed by atoms with van der Waals surface area (Å²) in [6, 6.07) is 11.7. The first-order valence-electron chi connectivity index (χ1n) is 11.9. The van der Waals surface area contributed by atoms with E-state index >= 15 is 0 Å². The minimum Gasteiger partial charge on any atom is -0.324 e. The number of nitrogens with zero attached hydrogens (tertiary/aromatic N) is 4. The number of carbonyl (C=O) groups is 1. The van der Waals surface area contributed by atoms with Gasteiger partial charge in [-0.25, -0.2) is 17.6 Å². The summed E-state index contributed by atoms with van der Waals surface area (Å²) in [5.41, 5.74) is 1.70. The molecule has 2 amide bonds. The molecule has 12 heteroatoms. The molecule has 0 spiro atoms. The van der Waals surface area contributed by atoms with Crippen molar-refractivity contribution in [2.75, 3.05) is 52.1 Å². The Labute approximate surface area is 226 Å². The van der Waals surface area contributed by atoms with Gasteiger partial charge in [-0.15, -0.1) is 0 Å². The van der Waals surface area contributed by atoms with Crippen LogP contribution in [-0.2, 0) is 16.6 Å². The van der Waals surface area contributed by atoms with Crippen molar-refractivity contribution >= 4 is 39.3 Å². The maximum absolute atomic E-state index is 14.0. The molecule has 1 N–H and O–H groups in total. The van der Waals surface area contributed by atoms with Crippen LogP contribution in [0.25, 0.3) is 0 Å². The van der Waals surface area contributed by atoms with Crippen LogP contribution < -0.4 is 5.32 Å². The Kier molecular flexibility index (Phi) is 8.61. The summed E-state index contributed by atoms with van der Waals surface area (Å²) in [7, 11) is -3.28. The minimum absolute atomic E-state index is 0.00114. The first-order valence-corrected chi connectivity index (χ1v) is 14.5. The second-order valence-corrected chi connectivity index (χ2v) is 12.2. The molecule has 2 atom stereocenters. The van der Waals surface area contributed by atoms with Crippen LogP contribution in [-0.4, -0.2) is 80.6 Å². The van der Waals surface area contributed by atoms with Crippen LogP contribution in [0.2, 0.25) is 10.0 Å². The van der Waals surface area contributed by atoms with Crippen LogP contribution in [0.5, 0.6) is 0 Å². The number of piperazine rings is 1. The summed E-state index contributed by atoms with van der Waals surface area (Å²) in [5.74, 6) is -0.493. The molecule has 2 aromatic rings. The lowest BCUT2D eigenvalue weighted by Gasteiger charge is -2.35. The van der Waals surface area contributed by atoms with Gasteiger partial charge in [-0.2, -0.15) is 9.57 Å². The molecule has 2 aromatic carbocycles. The summed E-state index contributed by atoms with van der Waals surface area (Å²) in [6.45, 7) is 3.21. The second-order valence-electron chi connectivity index (χ2n) is 9.43. The SMILES string of the molecule is CS(=O)(=O)N1CCN(C(=O)N2CC(CNCc3ccc(C#N)c(F)c3)C(c3ccc(Cl)c(Cl)c3)C2)CC1. The molecule has 8 nitrogen and oxygen atoms in total. The van der Waals surface area contributed by atoms with Crippen molar-refractivity contribution in [1.29, 1.82) is 5.26 Å². The molecule has 198 valence electrons. The van der Waals surface area contributed by atoms with Gasteiger partial charge in [0.25, 0.3) is 0 Å². The van der Waals surface area contributed by atoms with Gasteiger partial charge in [0.2, 0.25) is 10.0 Å². The Hall–Kier alpha value is -2.42. The molecule has 0 bridgehead atoms. The number of hydrogen-bond donors (Lipinski definition) is 1. The van der Waals surface area contributed by atoms with Crippen LogP contribution in [0.15, 0.2) is 36.4 Å². The zero-order valence-electron chi connectivity index (χ0n) is 20.3. The van der Waals surface area contributed by atoms with Crippen LogP contribution in [0.4, 0.5) is 9.18 Å². The molecule has 37 heavy (non-hydrogen) atoms. The highest BCUT2D eigenvalue weighted by atomic mass is 35.5. The summed E-state index contributed by atoms with van der Waals surface area (Å²) < 4.78 is 39.0. The summed E-state index contributed by atoms with van der Waals surface area (Å²) >= 11 is 12.4. The van der Waals surface area contributed by atoms with E-state index in [1.165, 1.54) is 22.7 Å². The van der Waals surface area contributed by atoms with Crippen LogP contribution in [0.3, 0.4) is 0 Å². The lowest BCUT2D eigenvalue weighted by Crippen LogP contribution is -2.53. The van der Waals surface area contributed by atoms with Gasteiger partial charge in [0.1, 0.15) is 11.9 Å². The molecular weight excluding hydrogens is 540 g/mol. The fraction of sp³-hybridized carbons (Fsp3) is 0.440. The van der Waals surface area contributed by atoms with Gasteiger partial charge >= 0.3 is 6.03 Å². The summed E-state index contributed by atoms with van der Waals surface area (Å²) in [4.78, 5) is 16.8. The standard InChI is InChI=1S/C25H28Cl2FN5O3S/c1-37(35,36)33-8-6-31(7-9-33)25(34)32-15-20(21(16-32)18-4-5-22(26)23(27)11-18)14-30-13-17-2-3-19(12-29)24(28)10-17/h2-5,10-11,20-21,30H,6-9,13-16H2,1H3. The molecule has 0 saturated carbocycles. The van der Waals surface area contributed by atoms with E-state index in [0.717, 1.165) is 11.1 Å². The third-order valence-corrected chi connectivity index (χ3v) is 8.99. The van der Waals surface area contributed by atoms with E-state index in [1.54, 1.807) is 21.9 Å². The smallest absolute Gasteiger partial charge is 0.320 e. The van der Waals surface area contributed by atoms with E-state index in [4.69, 9.17) is 28.5 Å². The normalized spacial score (nSPS) is 20.7. The van der Waals surface area contributed by atoms with Gasteiger partial charge in [-0.05, 0) is 41.3 Å². The van der Waals surface area contributed by atoms with Crippen LogP contribution in [0, 0.1) is 23.1 Å². The van der Waals surface area contributed by atoms with E-state index in [-0.39, 0.29) is 36.5 Å². The number of amides is 2. The lowest BCUT2D eigenvalue weighted by molar-refractivity contribution is 0.141. The number of rotatable bonds is 6.